The van der Waals surface area contributed by atoms with E-state index in [0.717, 1.165) is 24.3 Å². The van der Waals surface area contributed by atoms with Crippen LogP contribution in [0, 0.1) is 15.9 Å². The fourth-order valence-corrected chi connectivity index (χ4v) is 2.05. The average Bonchev–Trinajstić information content (AvgIpc) is 2.37. The zero-order valence-corrected chi connectivity index (χ0v) is 11.8. The third-order valence-electron chi connectivity index (χ3n) is 2.47. The van der Waals surface area contributed by atoms with Gasteiger partial charge in [0.2, 0.25) is 0 Å². The maximum atomic E-state index is 13.2. The second-order valence-corrected chi connectivity index (χ2v) is 4.87. The van der Waals surface area contributed by atoms with Crippen molar-refractivity contribution in [3.8, 4) is 11.5 Å². The summed E-state index contributed by atoms with van der Waals surface area (Å²) in [6, 6.07) is 6.86. The Bertz CT molecular complexity index is 714. The summed E-state index contributed by atoms with van der Waals surface area (Å²) in [5.74, 6) is -2.01. The lowest BCUT2D eigenvalue weighted by Gasteiger charge is -2.09. The number of aromatic carboxylic acids is 1. The minimum atomic E-state index is -1.39. The van der Waals surface area contributed by atoms with Crippen LogP contribution in [-0.2, 0) is 0 Å². The second kappa shape index (κ2) is 5.88. The highest BCUT2D eigenvalue weighted by Crippen LogP contribution is 2.30. The van der Waals surface area contributed by atoms with E-state index >= 15 is 0 Å². The summed E-state index contributed by atoms with van der Waals surface area (Å²) in [6.45, 7) is 0. The molecular formula is C13H7BrFNO5. The van der Waals surface area contributed by atoms with Crippen LogP contribution in [0.15, 0.2) is 40.9 Å². The molecule has 0 fully saturated rings. The van der Waals surface area contributed by atoms with Gasteiger partial charge in [-0.25, -0.2) is 9.18 Å². The first-order chi connectivity index (χ1) is 9.86. The molecule has 0 saturated carbocycles. The van der Waals surface area contributed by atoms with Crippen LogP contribution in [0.5, 0.6) is 11.5 Å². The molecule has 0 spiro atoms. The van der Waals surface area contributed by atoms with E-state index in [9.17, 15) is 19.3 Å². The molecule has 8 heteroatoms. The Balaban J connectivity index is 2.43. The van der Waals surface area contributed by atoms with Crippen molar-refractivity contribution in [2.45, 2.75) is 0 Å². The third-order valence-corrected chi connectivity index (χ3v) is 2.93. The number of carbonyl (C=O) groups is 1. The van der Waals surface area contributed by atoms with E-state index < -0.39 is 16.7 Å². The van der Waals surface area contributed by atoms with Crippen LogP contribution in [0.2, 0.25) is 0 Å². The number of nitrogens with zero attached hydrogens (tertiary/aromatic N) is 1. The van der Waals surface area contributed by atoms with Crippen LogP contribution in [-0.4, -0.2) is 16.0 Å². The standard InChI is InChI=1S/C13H7BrFNO5/c14-7-3-8(15)5-10(4-7)21-12-2-1-9(16(19)20)6-11(12)13(17)18/h1-6H,(H,17,18). The smallest absolute Gasteiger partial charge is 0.339 e. The predicted octanol–water partition coefficient (Wildman–Crippen LogP) is 3.99. The van der Waals surface area contributed by atoms with E-state index in [4.69, 9.17) is 9.84 Å². The minimum Gasteiger partial charge on any atom is -0.478 e. The van der Waals surface area contributed by atoms with Gasteiger partial charge in [-0.05, 0) is 18.2 Å². The molecule has 2 aromatic carbocycles. The number of hydrogen-bond donors (Lipinski definition) is 1. The van der Waals surface area contributed by atoms with E-state index in [1.54, 1.807) is 0 Å². The van der Waals surface area contributed by atoms with E-state index in [1.165, 1.54) is 12.1 Å². The topological polar surface area (TPSA) is 89.7 Å². The maximum Gasteiger partial charge on any atom is 0.339 e. The van der Waals surface area contributed by atoms with Crippen LogP contribution in [0.4, 0.5) is 10.1 Å². The quantitative estimate of drug-likeness (QED) is 0.661. The van der Waals surface area contributed by atoms with Crippen molar-refractivity contribution in [2.24, 2.45) is 0 Å². The number of halogens is 2. The minimum absolute atomic E-state index is 0.0678. The van der Waals surface area contributed by atoms with Crippen LogP contribution < -0.4 is 4.74 Å². The van der Waals surface area contributed by atoms with Crippen LogP contribution in [0.1, 0.15) is 10.4 Å². The molecule has 6 nitrogen and oxygen atoms in total. The molecule has 0 saturated heterocycles. The van der Waals surface area contributed by atoms with Crippen molar-refractivity contribution in [3.05, 3.63) is 62.4 Å². The molecule has 0 radical (unpaired) electrons. The normalized spacial score (nSPS) is 10.2. The van der Waals surface area contributed by atoms with Crippen molar-refractivity contribution in [3.63, 3.8) is 0 Å². The molecule has 0 amide bonds. The second-order valence-electron chi connectivity index (χ2n) is 3.95. The lowest BCUT2D eigenvalue weighted by atomic mass is 10.2. The summed E-state index contributed by atoms with van der Waals surface area (Å²) < 4.78 is 19.0. The van der Waals surface area contributed by atoms with Gasteiger partial charge in [-0.3, -0.25) is 10.1 Å². The highest BCUT2D eigenvalue weighted by Gasteiger charge is 2.18. The molecule has 2 aromatic rings. The Kier molecular flexibility index (Phi) is 4.18. The van der Waals surface area contributed by atoms with Gasteiger partial charge in [0.25, 0.3) is 5.69 Å². The Hall–Kier alpha value is -2.48. The molecular weight excluding hydrogens is 349 g/mol. The molecule has 0 heterocycles. The number of non-ortho nitro benzene ring substituents is 1. The molecule has 0 aromatic heterocycles. The fourth-order valence-electron chi connectivity index (χ4n) is 1.60. The summed E-state index contributed by atoms with van der Waals surface area (Å²) in [6.07, 6.45) is 0. The predicted molar refractivity (Wildman–Crippen MR) is 74.2 cm³/mol. The van der Waals surface area contributed by atoms with Gasteiger partial charge >= 0.3 is 5.97 Å². The number of benzene rings is 2. The zero-order chi connectivity index (χ0) is 15.6. The van der Waals surface area contributed by atoms with Gasteiger partial charge in [-0.2, -0.15) is 0 Å². The zero-order valence-electron chi connectivity index (χ0n) is 10.2. The van der Waals surface area contributed by atoms with Gasteiger partial charge in [0.1, 0.15) is 22.9 Å². The van der Waals surface area contributed by atoms with Crippen LogP contribution >= 0.6 is 15.9 Å². The van der Waals surface area contributed by atoms with E-state index in [1.807, 2.05) is 0 Å². The highest BCUT2D eigenvalue weighted by atomic mass is 79.9. The summed E-state index contributed by atoms with van der Waals surface area (Å²) in [5.41, 5.74) is -0.759. The fraction of sp³-hybridized carbons (Fsp3) is 0. The molecule has 2 rings (SSSR count). The molecule has 21 heavy (non-hydrogen) atoms. The van der Waals surface area contributed by atoms with Crippen LogP contribution in [0.25, 0.3) is 0 Å². The monoisotopic (exact) mass is 355 g/mol. The Morgan fingerprint density at radius 2 is 2.00 bits per heavy atom. The van der Waals surface area contributed by atoms with Crippen molar-refractivity contribution in [1.29, 1.82) is 0 Å². The van der Waals surface area contributed by atoms with E-state index in [-0.39, 0.29) is 22.7 Å². The molecule has 1 N–H and O–H groups in total. The van der Waals surface area contributed by atoms with Gasteiger partial charge in [-0.15, -0.1) is 0 Å². The number of hydrogen-bond acceptors (Lipinski definition) is 4. The maximum absolute atomic E-state index is 13.2. The van der Waals surface area contributed by atoms with Crippen molar-refractivity contribution < 1.29 is 24.0 Å². The largest absolute Gasteiger partial charge is 0.478 e. The first kappa shape index (κ1) is 14.9. The lowest BCUT2D eigenvalue weighted by Crippen LogP contribution is -2.01. The number of nitro groups is 1. The summed E-state index contributed by atoms with van der Waals surface area (Å²) in [4.78, 5) is 21.1. The summed E-state index contributed by atoms with van der Waals surface area (Å²) in [5, 5.41) is 19.7. The number of carboxylic acid groups (broad SMARTS) is 1. The number of rotatable bonds is 4. The first-order valence-electron chi connectivity index (χ1n) is 5.52. The number of nitro benzene ring substituents is 1. The first-order valence-corrected chi connectivity index (χ1v) is 6.32. The molecule has 0 atom stereocenters. The third kappa shape index (κ3) is 3.54. The van der Waals surface area contributed by atoms with Gasteiger partial charge in [0, 0.05) is 22.7 Å². The summed E-state index contributed by atoms with van der Waals surface area (Å²) in [7, 11) is 0. The molecule has 0 unspecified atom stereocenters. The van der Waals surface area contributed by atoms with Crippen molar-refractivity contribution in [1.82, 2.24) is 0 Å². The van der Waals surface area contributed by atoms with E-state index in [2.05, 4.69) is 15.9 Å². The Morgan fingerprint density at radius 1 is 1.29 bits per heavy atom. The average molecular weight is 356 g/mol. The van der Waals surface area contributed by atoms with Crippen molar-refractivity contribution >= 4 is 27.6 Å². The van der Waals surface area contributed by atoms with E-state index in [0.29, 0.717) is 4.47 Å². The van der Waals surface area contributed by atoms with Gasteiger partial charge < -0.3 is 9.84 Å². The number of ether oxygens (including phenoxy) is 1. The lowest BCUT2D eigenvalue weighted by molar-refractivity contribution is -0.384. The van der Waals surface area contributed by atoms with Gasteiger partial charge in [-0.1, -0.05) is 15.9 Å². The number of carboxylic acids is 1. The van der Waals surface area contributed by atoms with Crippen LogP contribution in [0.3, 0.4) is 0 Å². The molecule has 0 aliphatic carbocycles. The Morgan fingerprint density at radius 3 is 2.57 bits per heavy atom. The van der Waals surface area contributed by atoms with Gasteiger partial charge in [0.15, 0.2) is 0 Å². The Labute approximate surface area is 126 Å². The SMILES string of the molecule is O=C(O)c1cc([N+](=O)[O-])ccc1Oc1cc(F)cc(Br)c1. The summed E-state index contributed by atoms with van der Waals surface area (Å²) >= 11 is 3.08. The molecule has 0 bridgehead atoms. The van der Waals surface area contributed by atoms with Crippen molar-refractivity contribution in [2.75, 3.05) is 0 Å². The molecule has 0 aliphatic rings. The van der Waals surface area contributed by atoms with Gasteiger partial charge in [0.05, 0.1) is 4.92 Å². The molecule has 108 valence electrons. The highest BCUT2D eigenvalue weighted by molar-refractivity contribution is 9.10. The molecule has 0 aliphatic heterocycles.